The van der Waals surface area contributed by atoms with E-state index in [1.165, 1.54) is 19.1 Å². The molecule has 6 nitrogen and oxygen atoms in total. The molecular weight excluding hydrogens is 440 g/mol. The van der Waals surface area contributed by atoms with Crippen molar-refractivity contribution in [2.45, 2.75) is 41.6 Å². The average Bonchev–Trinajstić information content (AvgIpc) is 3.20. The molecule has 0 saturated carbocycles. The Morgan fingerprint density at radius 2 is 1.57 bits per heavy atom. The maximum atomic E-state index is 13.4. The van der Waals surface area contributed by atoms with Gasteiger partial charge >= 0.3 is 0 Å². The van der Waals surface area contributed by atoms with Crippen molar-refractivity contribution in [1.82, 2.24) is 4.98 Å². The highest BCUT2D eigenvalue weighted by molar-refractivity contribution is 7.94. The van der Waals surface area contributed by atoms with Crippen LogP contribution in [-0.4, -0.2) is 34.1 Å². The summed E-state index contributed by atoms with van der Waals surface area (Å²) in [6.45, 7) is 6.24. The van der Waals surface area contributed by atoms with Crippen molar-refractivity contribution in [2.75, 3.05) is 17.2 Å². The van der Waals surface area contributed by atoms with Crippen molar-refractivity contribution in [1.29, 1.82) is 0 Å². The minimum absolute atomic E-state index is 0.0934. The van der Waals surface area contributed by atoms with E-state index in [2.05, 4.69) is 4.98 Å². The highest BCUT2D eigenvalue weighted by atomic mass is 32.2. The fourth-order valence-electron chi connectivity index (χ4n) is 2.87. The van der Waals surface area contributed by atoms with Crippen LogP contribution in [0.15, 0.2) is 68.9 Å². The van der Waals surface area contributed by atoms with Crippen LogP contribution in [0.4, 0.5) is 5.00 Å². The summed E-state index contributed by atoms with van der Waals surface area (Å²) in [6, 6.07) is 16.1. The van der Waals surface area contributed by atoms with Gasteiger partial charge in [-0.15, -0.1) is 0 Å². The Bertz CT molecular complexity index is 1220. The average molecular weight is 465 g/mol. The van der Waals surface area contributed by atoms with Crippen LogP contribution in [-0.2, 0) is 26.2 Å². The zero-order chi connectivity index (χ0) is 21.9. The maximum Gasteiger partial charge on any atom is 0.226 e. The molecule has 0 unspecified atom stereocenters. The highest BCUT2D eigenvalue weighted by Gasteiger charge is 2.32. The van der Waals surface area contributed by atoms with E-state index in [9.17, 15) is 16.8 Å². The summed E-state index contributed by atoms with van der Waals surface area (Å²) < 4.78 is 51.6. The molecule has 0 radical (unpaired) electrons. The molecule has 0 atom stereocenters. The molecule has 1 aromatic heterocycles. The molecule has 30 heavy (non-hydrogen) atoms. The summed E-state index contributed by atoms with van der Waals surface area (Å²) in [7, 11) is -7.64. The van der Waals surface area contributed by atoms with Crippen LogP contribution in [0.3, 0.4) is 0 Å². The molecule has 2 aromatic carbocycles. The first-order valence-electron chi connectivity index (χ1n) is 9.53. The number of hydrogen-bond acceptors (Lipinski definition) is 7. The molecule has 0 saturated heterocycles. The van der Waals surface area contributed by atoms with Crippen LogP contribution in [0.25, 0.3) is 0 Å². The number of anilines is 1. The Morgan fingerprint density at radius 3 is 2.13 bits per heavy atom. The van der Waals surface area contributed by atoms with Crippen molar-refractivity contribution in [3.8, 4) is 0 Å². The lowest BCUT2D eigenvalue weighted by Gasteiger charge is -2.22. The van der Waals surface area contributed by atoms with Gasteiger partial charge in [-0.2, -0.15) is 0 Å². The van der Waals surface area contributed by atoms with E-state index in [-0.39, 0.29) is 20.0 Å². The topological polar surface area (TPSA) is 84.4 Å². The molecular formula is C21H24N2O4S3. The van der Waals surface area contributed by atoms with Gasteiger partial charge in [0.05, 0.1) is 10.6 Å². The largest absolute Gasteiger partial charge is 0.357 e. The summed E-state index contributed by atoms with van der Waals surface area (Å²) >= 11 is 0.915. The van der Waals surface area contributed by atoms with Gasteiger partial charge in [-0.3, -0.25) is 0 Å². The summed E-state index contributed by atoms with van der Waals surface area (Å²) in [6.07, 6.45) is 0. The number of nitrogens with zero attached hydrogens (tertiary/aromatic N) is 2. The van der Waals surface area contributed by atoms with Gasteiger partial charge in [-0.05, 0) is 31.5 Å². The SMILES string of the molecule is CCN(Cc1ccccc1)c1sc(S(=O)(=O)CC)nc1S(=O)(=O)c1ccc(C)cc1. The summed E-state index contributed by atoms with van der Waals surface area (Å²) in [5, 5.41) is 0.134. The van der Waals surface area contributed by atoms with Crippen LogP contribution in [0.1, 0.15) is 25.0 Å². The second-order valence-electron chi connectivity index (χ2n) is 6.81. The smallest absolute Gasteiger partial charge is 0.226 e. The predicted octanol–water partition coefficient (Wildman–Crippen LogP) is 4.10. The number of hydrogen-bond donors (Lipinski definition) is 0. The number of benzene rings is 2. The van der Waals surface area contributed by atoms with Gasteiger partial charge in [0.25, 0.3) is 0 Å². The number of thiazole rings is 1. The van der Waals surface area contributed by atoms with E-state index in [0.29, 0.717) is 18.1 Å². The van der Waals surface area contributed by atoms with Crippen molar-refractivity contribution in [2.24, 2.45) is 0 Å². The first kappa shape index (κ1) is 22.5. The van der Waals surface area contributed by atoms with E-state index in [1.54, 1.807) is 12.1 Å². The summed E-state index contributed by atoms with van der Waals surface area (Å²) in [5.74, 6) is -0.144. The zero-order valence-electron chi connectivity index (χ0n) is 17.1. The van der Waals surface area contributed by atoms with Gasteiger partial charge in [-0.25, -0.2) is 21.8 Å². The molecule has 1 heterocycles. The second-order valence-corrected chi connectivity index (χ2v) is 12.1. The van der Waals surface area contributed by atoms with E-state index in [4.69, 9.17) is 0 Å². The van der Waals surface area contributed by atoms with Crippen LogP contribution < -0.4 is 4.90 Å². The van der Waals surface area contributed by atoms with E-state index < -0.39 is 19.7 Å². The van der Waals surface area contributed by atoms with Gasteiger partial charge in [-0.1, -0.05) is 66.3 Å². The van der Waals surface area contributed by atoms with E-state index >= 15 is 0 Å². The lowest BCUT2D eigenvalue weighted by molar-refractivity contribution is 0.589. The van der Waals surface area contributed by atoms with Crippen molar-refractivity contribution >= 4 is 36.0 Å². The molecule has 0 fully saturated rings. The van der Waals surface area contributed by atoms with Crippen LogP contribution in [0.5, 0.6) is 0 Å². The first-order valence-corrected chi connectivity index (χ1v) is 13.5. The quantitative estimate of drug-likeness (QED) is 0.499. The fourth-order valence-corrected chi connectivity index (χ4v) is 7.06. The molecule has 0 aliphatic carbocycles. The molecule has 3 aromatic rings. The molecule has 0 aliphatic rings. The van der Waals surface area contributed by atoms with Gasteiger partial charge in [0.1, 0.15) is 5.00 Å². The zero-order valence-corrected chi connectivity index (χ0v) is 19.5. The second kappa shape index (κ2) is 8.87. The third-order valence-electron chi connectivity index (χ3n) is 4.68. The van der Waals surface area contributed by atoms with E-state index in [0.717, 1.165) is 22.5 Å². The molecule has 0 aliphatic heterocycles. The van der Waals surface area contributed by atoms with Gasteiger partial charge in [0.15, 0.2) is 5.03 Å². The van der Waals surface area contributed by atoms with Crippen molar-refractivity contribution < 1.29 is 16.8 Å². The molecule has 0 N–H and O–H groups in total. The standard InChI is InChI=1S/C21H24N2O4S3/c1-4-23(15-17-9-7-6-8-10-17)20-19(22-21(28-20)29(24,25)5-2)30(26,27)18-13-11-16(3)12-14-18/h6-14H,4-5,15H2,1-3H3. The molecule has 0 amide bonds. The third kappa shape index (κ3) is 4.58. The normalized spacial score (nSPS) is 12.1. The lowest BCUT2D eigenvalue weighted by Crippen LogP contribution is -2.23. The Balaban J connectivity index is 2.17. The molecule has 160 valence electrons. The van der Waals surface area contributed by atoms with E-state index in [1.807, 2.05) is 49.1 Å². The molecule has 3 rings (SSSR count). The summed E-state index contributed by atoms with van der Waals surface area (Å²) in [5.41, 5.74) is 1.92. The first-order chi connectivity index (χ1) is 14.2. The number of sulfone groups is 2. The number of aryl methyl sites for hydroxylation is 1. The Morgan fingerprint density at radius 1 is 0.933 bits per heavy atom. The molecule has 0 spiro atoms. The minimum Gasteiger partial charge on any atom is -0.357 e. The number of aromatic nitrogens is 1. The number of rotatable bonds is 8. The molecule has 9 heteroatoms. The van der Waals surface area contributed by atoms with Gasteiger partial charge in [0.2, 0.25) is 24.0 Å². The summed E-state index contributed by atoms with van der Waals surface area (Å²) in [4.78, 5) is 6.08. The Kier molecular flexibility index (Phi) is 6.64. The third-order valence-corrected chi connectivity index (χ3v) is 9.80. The maximum absolute atomic E-state index is 13.4. The molecule has 0 bridgehead atoms. The van der Waals surface area contributed by atoms with Crippen molar-refractivity contribution in [3.05, 3.63) is 65.7 Å². The Labute approximate surface area is 182 Å². The minimum atomic E-state index is -3.99. The predicted molar refractivity (Wildman–Crippen MR) is 120 cm³/mol. The van der Waals surface area contributed by atoms with Crippen LogP contribution >= 0.6 is 11.3 Å². The van der Waals surface area contributed by atoms with Crippen molar-refractivity contribution in [3.63, 3.8) is 0 Å². The van der Waals surface area contributed by atoms with Crippen LogP contribution in [0, 0.1) is 6.92 Å². The monoisotopic (exact) mass is 464 g/mol. The lowest BCUT2D eigenvalue weighted by atomic mass is 10.2. The Hall–Kier alpha value is -2.23. The van der Waals surface area contributed by atoms with Gasteiger partial charge < -0.3 is 4.90 Å². The van der Waals surface area contributed by atoms with Crippen LogP contribution in [0.2, 0.25) is 0 Å². The highest BCUT2D eigenvalue weighted by Crippen LogP contribution is 2.38. The fraction of sp³-hybridized carbons (Fsp3) is 0.286. The van der Waals surface area contributed by atoms with Gasteiger partial charge in [0, 0.05) is 13.1 Å².